The predicted molar refractivity (Wildman–Crippen MR) is 52.4 cm³/mol. The Balaban J connectivity index is 2.45. The van der Waals surface area contributed by atoms with E-state index < -0.39 is 0 Å². The number of nitrogens with zero attached hydrogens (tertiary/aromatic N) is 1. The van der Waals surface area contributed by atoms with Gasteiger partial charge in [0.15, 0.2) is 6.39 Å². The number of nitrogens with two attached hydrogens (primary N) is 1. The normalized spacial score (nSPS) is 13.6. The van der Waals surface area contributed by atoms with Gasteiger partial charge in [0.2, 0.25) is 0 Å². The van der Waals surface area contributed by atoms with Crippen LogP contribution in [0.3, 0.4) is 0 Å². The average Bonchev–Trinajstić information content (AvgIpc) is 2.34. The lowest BCUT2D eigenvalue weighted by Gasteiger charge is -2.12. The highest BCUT2D eigenvalue weighted by atomic mass is 16.3. The molecule has 0 amide bonds. The van der Waals surface area contributed by atoms with Gasteiger partial charge in [-0.05, 0) is 19.3 Å². The Kier molecular flexibility index (Phi) is 3.48. The minimum absolute atomic E-state index is 0.187. The largest absolute Gasteiger partial charge is 0.448 e. The van der Waals surface area contributed by atoms with Gasteiger partial charge >= 0.3 is 0 Å². The van der Waals surface area contributed by atoms with Crippen molar-refractivity contribution in [1.82, 2.24) is 4.98 Å². The Hall–Kier alpha value is -0.830. The molecule has 0 aliphatic carbocycles. The first-order chi connectivity index (χ1) is 6.09. The molecule has 2 N–H and O–H groups in total. The minimum atomic E-state index is 0.187. The van der Waals surface area contributed by atoms with Gasteiger partial charge in [-0.25, -0.2) is 4.98 Å². The van der Waals surface area contributed by atoms with Crippen LogP contribution in [0.5, 0.6) is 0 Å². The molecular weight excluding hydrogens is 164 g/mol. The van der Waals surface area contributed by atoms with E-state index in [1.165, 1.54) is 6.39 Å². The molecule has 1 unspecified atom stereocenters. The summed E-state index contributed by atoms with van der Waals surface area (Å²) in [6, 6.07) is 0.187. The molecule has 0 fully saturated rings. The van der Waals surface area contributed by atoms with Crippen LogP contribution in [-0.4, -0.2) is 11.0 Å². The average molecular weight is 182 g/mol. The monoisotopic (exact) mass is 182 g/mol. The molecule has 3 nitrogen and oxygen atoms in total. The van der Waals surface area contributed by atoms with Crippen molar-refractivity contribution in [2.45, 2.75) is 39.7 Å². The molecule has 0 saturated carbocycles. The first-order valence-corrected chi connectivity index (χ1v) is 4.74. The smallest absolute Gasteiger partial charge is 0.181 e. The second-order valence-corrected chi connectivity index (χ2v) is 3.95. The van der Waals surface area contributed by atoms with Gasteiger partial charge in [-0.3, -0.25) is 0 Å². The highest BCUT2D eigenvalue weighted by molar-refractivity contribution is 5.05. The molecule has 0 saturated heterocycles. The highest BCUT2D eigenvalue weighted by Crippen LogP contribution is 2.11. The van der Waals surface area contributed by atoms with Crippen LogP contribution >= 0.6 is 0 Å². The van der Waals surface area contributed by atoms with Crippen molar-refractivity contribution in [2.24, 2.45) is 11.7 Å². The van der Waals surface area contributed by atoms with Gasteiger partial charge in [0.1, 0.15) is 5.76 Å². The summed E-state index contributed by atoms with van der Waals surface area (Å²) in [5.41, 5.74) is 6.90. The zero-order valence-corrected chi connectivity index (χ0v) is 8.58. The van der Waals surface area contributed by atoms with Gasteiger partial charge in [-0.15, -0.1) is 0 Å². The maximum Gasteiger partial charge on any atom is 0.181 e. The predicted octanol–water partition coefficient (Wildman–Crippen LogP) is 1.90. The summed E-state index contributed by atoms with van der Waals surface area (Å²) in [5.74, 6) is 1.56. The Labute approximate surface area is 79.3 Å². The van der Waals surface area contributed by atoms with Crippen molar-refractivity contribution in [2.75, 3.05) is 0 Å². The van der Waals surface area contributed by atoms with E-state index in [0.29, 0.717) is 5.92 Å². The molecule has 13 heavy (non-hydrogen) atoms. The van der Waals surface area contributed by atoms with Crippen LogP contribution in [0.1, 0.15) is 31.7 Å². The molecule has 0 aliphatic rings. The van der Waals surface area contributed by atoms with E-state index >= 15 is 0 Å². The molecule has 0 spiro atoms. The minimum Gasteiger partial charge on any atom is -0.448 e. The molecule has 1 atom stereocenters. The zero-order chi connectivity index (χ0) is 9.84. The summed E-state index contributed by atoms with van der Waals surface area (Å²) in [7, 11) is 0. The van der Waals surface area contributed by atoms with Crippen molar-refractivity contribution < 1.29 is 4.42 Å². The molecule has 0 radical (unpaired) electrons. The molecule has 1 aromatic rings. The van der Waals surface area contributed by atoms with Crippen LogP contribution < -0.4 is 5.73 Å². The van der Waals surface area contributed by atoms with E-state index in [-0.39, 0.29) is 6.04 Å². The Morgan fingerprint density at radius 3 is 2.69 bits per heavy atom. The third-order valence-corrected chi connectivity index (χ3v) is 2.07. The third-order valence-electron chi connectivity index (χ3n) is 2.07. The lowest BCUT2D eigenvalue weighted by molar-refractivity contribution is 0.438. The van der Waals surface area contributed by atoms with E-state index in [2.05, 4.69) is 18.8 Å². The summed E-state index contributed by atoms with van der Waals surface area (Å²) < 4.78 is 5.23. The van der Waals surface area contributed by atoms with Gasteiger partial charge in [-0.1, -0.05) is 13.8 Å². The van der Waals surface area contributed by atoms with Crippen LogP contribution in [-0.2, 0) is 6.42 Å². The van der Waals surface area contributed by atoms with Gasteiger partial charge in [-0.2, -0.15) is 0 Å². The van der Waals surface area contributed by atoms with Gasteiger partial charge < -0.3 is 10.2 Å². The fourth-order valence-corrected chi connectivity index (χ4v) is 1.45. The van der Waals surface area contributed by atoms with Gasteiger partial charge in [0.25, 0.3) is 0 Å². The molecule has 0 aliphatic heterocycles. The summed E-state index contributed by atoms with van der Waals surface area (Å²) in [5, 5.41) is 0. The maximum absolute atomic E-state index is 5.95. The SMILES string of the molecule is Cc1ncoc1CC(N)CC(C)C. The summed E-state index contributed by atoms with van der Waals surface area (Å²) in [4.78, 5) is 4.03. The Morgan fingerprint density at radius 2 is 2.23 bits per heavy atom. The zero-order valence-electron chi connectivity index (χ0n) is 8.58. The fraction of sp³-hybridized carbons (Fsp3) is 0.700. The standard InChI is InChI=1S/C10H18N2O/c1-7(2)4-9(11)5-10-8(3)12-6-13-10/h6-7,9H,4-5,11H2,1-3H3. The van der Waals surface area contributed by atoms with Crippen LogP contribution in [0, 0.1) is 12.8 Å². The second kappa shape index (κ2) is 4.42. The second-order valence-electron chi connectivity index (χ2n) is 3.95. The molecular formula is C10H18N2O. The van der Waals surface area contributed by atoms with E-state index in [9.17, 15) is 0 Å². The number of hydrogen-bond donors (Lipinski definition) is 1. The number of oxazole rings is 1. The van der Waals surface area contributed by atoms with Crippen LogP contribution in [0.25, 0.3) is 0 Å². The van der Waals surface area contributed by atoms with E-state index in [1.807, 2.05) is 6.92 Å². The van der Waals surface area contributed by atoms with E-state index in [0.717, 1.165) is 24.3 Å². The van der Waals surface area contributed by atoms with Crippen molar-refractivity contribution in [3.05, 3.63) is 17.8 Å². The number of hydrogen-bond acceptors (Lipinski definition) is 3. The van der Waals surface area contributed by atoms with Gasteiger partial charge in [0, 0.05) is 12.5 Å². The lowest BCUT2D eigenvalue weighted by Crippen LogP contribution is -2.24. The van der Waals surface area contributed by atoms with E-state index in [1.54, 1.807) is 0 Å². The van der Waals surface area contributed by atoms with Crippen molar-refractivity contribution in [3.63, 3.8) is 0 Å². The Bertz CT molecular complexity index is 255. The van der Waals surface area contributed by atoms with Crippen molar-refractivity contribution in [1.29, 1.82) is 0 Å². The van der Waals surface area contributed by atoms with Crippen LogP contribution in [0.2, 0.25) is 0 Å². The molecule has 1 rings (SSSR count). The molecule has 3 heteroatoms. The van der Waals surface area contributed by atoms with Crippen molar-refractivity contribution >= 4 is 0 Å². The van der Waals surface area contributed by atoms with E-state index in [4.69, 9.17) is 10.2 Å². The molecule has 0 bridgehead atoms. The molecule has 1 aromatic heterocycles. The molecule has 0 aromatic carbocycles. The number of aryl methyl sites for hydroxylation is 1. The highest BCUT2D eigenvalue weighted by Gasteiger charge is 2.11. The molecule has 1 heterocycles. The van der Waals surface area contributed by atoms with Crippen LogP contribution in [0.15, 0.2) is 10.8 Å². The summed E-state index contributed by atoms with van der Waals surface area (Å²) in [6.45, 7) is 6.29. The maximum atomic E-state index is 5.95. The molecule has 74 valence electrons. The fourth-order valence-electron chi connectivity index (χ4n) is 1.45. The van der Waals surface area contributed by atoms with Gasteiger partial charge in [0.05, 0.1) is 5.69 Å². The van der Waals surface area contributed by atoms with Crippen molar-refractivity contribution in [3.8, 4) is 0 Å². The first kappa shape index (κ1) is 10.3. The topological polar surface area (TPSA) is 52.0 Å². The third kappa shape index (κ3) is 3.19. The quantitative estimate of drug-likeness (QED) is 0.773. The Morgan fingerprint density at radius 1 is 1.54 bits per heavy atom. The number of rotatable bonds is 4. The first-order valence-electron chi connectivity index (χ1n) is 4.74. The summed E-state index contributed by atoms with van der Waals surface area (Å²) in [6.07, 6.45) is 3.30. The lowest BCUT2D eigenvalue weighted by atomic mass is 10.0. The number of aromatic nitrogens is 1. The summed E-state index contributed by atoms with van der Waals surface area (Å²) >= 11 is 0. The van der Waals surface area contributed by atoms with Crippen LogP contribution in [0.4, 0.5) is 0 Å².